The van der Waals surface area contributed by atoms with Crippen molar-refractivity contribution in [1.82, 2.24) is 0 Å². The van der Waals surface area contributed by atoms with Gasteiger partial charge in [0.25, 0.3) is 0 Å². The van der Waals surface area contributed by atoms with E-state index in [1.807, 2.05) is 6.07 Å². The normalized spacial score (nSPS) is 34.0. The third kappa shape index (κ3) is 2.44. The van der Waals surface area contributed by atoms with Crippen LogP contribution >= 0.6 is 0 Å². The molecular weight excluding hydrogens is 208 g/mol. The van der Waals surface area contributed by atoms with Crippen LogP contribution in [0, 0.1) is 17.8 Å². The highest BCUT2D eigenvalue weighted by atomic mass is 16.3. The van der Waals surface area contributed by atoms with E-state index in [0.717, 1.165) is 6.42 Å². The molecule has 92 valence electrons. The predicted molar refractivity (Wildman–Crippen MR) is 72.5 cm³/mol. The Kier molecular flexibility index (Phi) is 3.68. The maximum Gasteiger partial charge on any atom is 0.0634 e. The number of allylic oxidation sites excluding steroid dienone is 1. The molecule has 1 aliphatic rings. The van der Waals surface area contributed by atoms with Crippen LogP contribution in [0.25, 0.3) is 5.57 Å². The maximum atomic E-state index is 10.4. The Labute approximate surface area is 104 Å². The van der Waals surface area contributed by atoms with Crippen molar-refractivity contribution in [2.45, 2.75) is 33.3 Å². The standard InChI is InChI=1S/C16H22O/c1-11-9-10-15(13(3)16(17)12(11)2)14-7-5-4-6-8-14/h4-8,10-13,16-17H,9H2,1-3H3/t11-,12+,13+,16+/m1/s1. The van der Waals surface area contributed by atoms with Gasteiger partial charge in [0.05, 0.1) is 6.10 Å². The summed E-state index contributed by atoms with van der Waals surface area (Å²) in [7, 11) is 0. The molecule has 1 heteroatoms. The van der Waals surface area contributed by atoms with Gasteiger partial charge in [0, 0.05) is 5.92 Å². The fourth-order valence-electron chi connectivity index (χ4n) is 2.70. The van der Waals surface area contributed by atoms with Crippen LogP contribution in [-0.2, 0) is 0 Å². The minimum absolute atomic E-state index is 0.220. The third-order valence-electron chi connectivity index (χ3n) is 4.26. The van der Waals surface area contributed by atoms with Crippen LogP contribution in [0.5, 0.6) is 0 Å². The first kappa shape index (κ1) is 12.4. The van der Waals surface area contributed by atoms with Crippen molar-refractivity contribution in [3.05, 3.63) is 42.0 Å². The monoisotopic (exact) mass is 230 g/mol. The van der Waals surface area contributed by atoms with Gasteiger partial charge in [-0.1, -0.05) is 57.2 Å². The summed E-state index contributed by atoms with van der Waals surface area (Å²) in [6, 6.07) is 10.4. The van der Waals surface area contributed by atoms with Crippen LogP contribution in [0.15, 0.2) is 36.4 Å². The first-order valence-corrected chi connectivity index (χ1v) is 6.54. The van der Waals surface area contributed by atoms with Gasteiger partial charge in [-0.3, -0.25) is 0 Å². The Morgan fingerprint density at radius 2 is 1.71 bits per heavy atom. The zero-order chi connectivity index (χ0) is 12.4. The molecule has 17 heavy (non-hydrogen) atoms. The average molecular weight is 230 g/mol. The molecule has 0 unspecified atom stereocenters. The fourth-order valence-corrected chi connectivity index (χ4v) is 2.70. The number of benzene rings is 1. The van der Waals surface area contributed by atoms with Crippen molar-refractivity contribution in [2.75, 3.05) is 0 Å². The first-order chi connectivity index (χ1) is 8.11. The minimum Gasteiger partial charge on any atom is -0.392 e. The van der Waals surface area contributed by atoms with E-state index in [4.69, 9.17) is 0 Å². The van der Waals surface area contributed by atoms with Gasteiger partial charge in [-0.25, -0.2) is 0 Å². The van der Waals surface area contributed by atoms with Gasteiger partial charge in [0.2, 0.25) is 0 Å². The van der Waals surface area contributed by atoms with E-state index in [1.54, 1.807) is 0 Å². The summed E-state index contributed by atoms with van der Waals surface area (Å²) in [6.45, 7) is 6.52. The molecule has 0 aromatic heterocycles. The molecule has 0 fully saturated rings. The molecule has 4 atom stereocenters. The zero-order valence-electron chi connectivity index (χ0n) is 10.9. The number of hydrogen-bond acceptors (Lipinski definition) is 1. The molecule has 0 radical (unpaired) electrons. The van der Waals surface area contributed by atoms with Crippen LogP contribution in [0.2, 0.25) is 0 Å². The van der Waals surface area contributed by atoms with Crippen molar-refractivity contribution < 1.29 is 5.11 Å². The molecule has 0 spiro atoms. The van der Waals surface area contributed by atoms with Gasteiger partial charge >= 0.3 is 0 Å². The van der Waals surface area contributed by atoms with Crippen molar-refractivity contribution in [3.63, 3.8) is 0 Å². The van der Waals surface area contributed by atoms with E-state index in [2.05, 4.69) is 51.1 Å². The topological polar surface area (TPSA) is 20.2 Å². The highest BCUT2D eigenvalue weighted by Gasteiger charge is 2.30. The lowest BCUT2D eigenvalue weighted by molar-refractivity contribution is 0.0647. The number of aliphatic hydroxyl groups is 1. The van der Waals surface area contributed by atoms with Gasteiger partial charge in [0.1, 0.15) is 0 Å². The summed E-state index contributed by atoms with van der Waals surface area (Å²) < 4.78 is 0. The molecule has 2 rings (SSSR count). The molecule has 1 nitrogen and oxygen atoms in total. The number of hydrogen-bond donors (Lipinski definition) is 1. The summed E-state index contributed by atoms with van der Waals surface area (Å²) in [5.74, 6) is 1.13. The Balaban J connectivity index is 2.34. The largest absolute Gasteiger partial charge is 0.392 e. The van der Waals surface area contributed by atoms with Crippen molar-refractivity contribution in [3.8, 4) is 0 Å². The van der Waals surface area contributed by atoms with E-state index in [9.17, 15) is 5.11 Å². The molecule has 1 aliphatic carbocycles. The molecule has 1 aromatic carbocycles. The van der Waals surface area contributed by atoms with E-state index in [0.29, 0.717) is 11.8 Å². The molecule has 0 saturated carbocycles. The summed E-state index contributed by atoms with van der Waals surface area (Å²) in [6.07, 6.45) is 3.14. The van der Waals surface area contributed by atoms with Crippen LogP contribution in [0.4, 0.5) is 0 Å². The summed E-state index contributed by atoms with van der Waals surface area (Å²) in [5.41, 5.74) is 2.55. The Morgan fingerprint density at radius 3 is 2.35 bits per heavy atom. The fraction of sp³-hybridized carbons (Fsp3) is 0.500. The van der Waals surface area contributed by atoms with Gasteiger partial charge in [-0.2, -0.15) is 0 Å². The summed E-state index contributed by atoms with van der Waals surface area (Å²) in [5, 5.41) is 10.4. The van der Waals surface area contributed by atoms with E-state index < -0.39 is 0 Å². The second kappa shape index (κ2) is 5.05. The lowest BCUT2D eigenvalue weighted by Gasteiger charge is -2.27. The number of rotatable bonds is 1. The van der Waals surface area contributed by atoms with Gasteiger partial charge in [-0.05, 0) is 29.4 Å². The molecule has 0 amide bonds. The van der Waals surface area contributed by atoms with Gasteiger partial charge in [0.15, 0.2) is 0 Å². The van der Waals surface area contributed by atoms with Crippen LogP contribution in [0.3, 0.4) is 0 Å². The van der Waals surface area contributed by atoms with Gasteiger partial charge in [-0.15, -0.1) is 0 Å². The lowest BCUT2D eigenvalue weighted by atomic mass is 9.83. The second-order valence-electron chi connectivity index (χ2n) is 5.38. The minimum atomic E-state index is -0.237. The third-order valence-corrected chi connectivity index (χ3v) is 4.26. The number of aliphatic hydroxyl groups excluding tert-OH is 1. The highest BCUT2D eigenvalue weighted by molar-refractivity contribution is 5.68. The summed E-state index contributed by atoms with van der Waals surface area (Å²) >= 11 is 0. The molecule has 1 N–H and O–H groups in total. The van der Waals surface area contributed by atoms with Crippen molar-refractivity contribution in [2.24, 2.45) is 17.8 Å². The van der Waals surface area contributed by atoms with E-state index in [1.165, 1.54) is 11.1 Å². The molecule has 1 aromatic rings. The van der Waals surface area contributed by atoms with E-state index >= 15 is 0 Å². The first-order valence-electron chi connectivity index (χ1n) is 6.54. The van der Waals surface area contributed by atoms with Crippen molar-refractivity contribution in [1.29, 1.82) is 0 Å². The second-order valence-corrected chi connectivity index (χ2v) is 5.38. The van der Waals surface area contributed by atoms with E-state index in [-0.39, 0.29) is 12.0 Å². The zero-order valence-corrected chi connectivity index (χ0v) is 10.9. The maximum absolute atomic E-state index is 10.4. The highest BCUT2D eigenvalue weighted by Crippen LogP contribution is 2.36. The van der Waals surface area contributed by atoms with Crippen LogP contribution < -0.4 is 0 Å². The predicted octanol–water partition coefficient (Wildman–Crippen LogP) is 3.74. The van der Waals surface area contributed by atoms with Crippen LogP contribution in [0.1, 0.15) is 32.8 Å². The molecule has 0 saturated heterocycles. The molecule has 0 heterocycles. The smallest absolute Gasteiger partial charge is 0.0634 e. The average Bonchev–Trinajstić information content (AvgIpc) is 2.45. The van der Waals surface area contributed by atoms with Crippen LogP contribution in [-0.4, -0.2) is 11.2 Å². The summed E-state index contributed by atoms with van der Waals surface area (Å²) in [4.78, 5) is 0. The molecular formula is C16H22O. The molecule has 0 aliphatic heterocycles. The van der Waals surface area contributed by atoms with Gasteiger partial charge < -0.3 is 5.11 Å². The molecule has 0 bridgehead atoms. The lowest BCUT2D eigenvalue weighted by Crippen LogP contribution is -2.28. The SMILES string of the molecule is C[C@@H]1[C@H](O)[C@@H](C)C(c2ccccc2)=CC[C@H]1C. The van der Waals surface area contributed by atoms with Crippen molar-refractivity contribution >= 4 is 5.57 Å². The Morgan fingerprint density at radius 1 is 1.06 bits per heavy atom. The quantitative estimate of drug-likeness (QED) is 0.779. The Bertz CT molecular complexity index is 393. The Hall–Kier alpha value is -1.08.